The van der Waals surface area contributed by atoms with Crippen molar-refractivity contribution in [3.63, 3.8) is 0 Å². The Bertz CT molecular complexity index is 777. The van der Waals surface area contributed by atoms with E-state index < -0.39 is 0 Å². The highest BCUT2D eigenvalue weighted by molar-refractivity contribution is 7.18. The quantitative estimate of drug-likeness (QED) is 0.703. The second-order valence-electron chi connectivity index (χ2n) is 4.72. The van der Waals surface area contributed by atoms with Crippen molar-refractivity contribution in [2.45, 2.75) is 13.0 Å². The van der Waals surface area contributed by atoms with E-state index in [1.54, 1.807) is 12.1 Å². The smallest absolute Gasteiger partial charge is 0.307 e. The van der Waals surface area contributed by atoms with Crippen LogP contribution in [-0.4, -0.2) is 23.4 Å². The first-order chi connectivity index (χ1) is 11.2. The molecule has 6 nitrogen and oxygen atoms in total. The molecule has 0 aliphatic rings. The monoisotopic (exact) mass is 330 g/mol. The lowest BCUT2D eigenvalue weighted by Crippen LogP contribution is -2.26. The lowest BCUT2D eigenvalue weighted by Gasteiger charge is -2.04. The molecular weight excluding hydrogens is 316 g/mol. The molecule has 0 aliphatic heterocycles. The van der Waals surface area contributed by atoms with Crippen LogP contribution in [0.2, 0.25) is 0 Å². The van der Waals surface area contributed by atoms with Gasteiger partial charge in [0.2, 0.25) is 0 Å². The summed E-state index contributed by atoms with van der Waals surface area (Å²) in [6, 6.07) is 10.9. The van der Waals surface area contributed by atoms with Crippen molar-refractivity contribution in [3.8, 4) is 0 Å². The summed E-state index contributed by atoms with van der Waals surface area (Å²) in [7, 11) is 0. The van der Waals surface area contributed by atoms with E-state index in [1.807, 2.05) is 24.3 Å². The first-order valence-corrected chi connectivity index (χ1v) is 7.86. The van der Waals surface area contributed by atoms with E-state index in [0.717, 1.165) is 15.2 Å². The molecule has 0 aliphatic carbocycles. The van der Waals surface area contributed by atoms with Gasteiger partial charge in [0.25, 0.3) is 5.91 Å². The third-order valence-electron chi connectivity index (χ3n) is 3.05. The standard InChI is InChI=1S/C16H14N2O4S/c19-15(7-8-17-16(20)12-5-3-9-21-12)22-10-14-18-11-4-1-2-6-13(11)23-14/h1-6,9H,7-8,10H2,(H,17,20). The Kier molecular flexibility index (Phi) is 4.68. The number of nitrogens with zero attached hydrogens (tertiary/aromatic N) is 1. The number of furan rings is 1. The predicted molar refractivity (Wildman–Crippen MR) is 85.1 cm³/mol. The van der Waals surface area contributed by atoms with Gasteiger partial charge in [-0.1, -0.05) is 12.1 Å². The van der Waals surface area contributed by atoms with Gasteiger partial charge in [-0.05, 0) is 24.3 Å². The van der Waals surface area contributed by atoms with Gasteiger partial charge in [-0.3, -0.25) is 9.59 Å². The van der Waals surface area contributed by atoms with Gasteiger partial charge in [0.1, 0.15) is 11.6 Å². The summed E-state index contributed by atoms with van der Waals surface area (Å²) in [6.45, 7) is 0.336. The number of esters is 1. The van der Waals surface area contributed by atoms with Crippen molar-refractivity contribution in [2.24, 2.45) is 0 Å². The van der Waals surface area contributed by atoms with Crippen LogP contribution in [0.5, 0.6) is 0 Å². The molecule has 118 valence electrons. The van der Waals surface area contributed by atoms with Crippen molar-refractivity contribution in [3.05, 3.63) is 53.4 Å². The Labute approximate surface area is 136 Å². The first kappa shape index (κ1) is 15.2. The van der Waals surface area contributed by atoms with Crippen molar-refractivity contribution in [2.75, 3.05) is 6.54 Å². The zero-order valence-corrected chi connectivity index (χ0v) is 13.0. The number of amides is 1. The molecule has 2 heterocycles. The van der Waals surface area contributed by atoms with Gasteiger partial charge in [-0.2, -0.15) is 0 Å². The molecule has 0 bridgehead atoms. The number of hydrogen-bond acceptors (Lipinski definition) is 6. The van der Waals surface area contributed by atoms with Crippen molar-refractivity contribution in [1.29, 1.82) is 0 Å². The lowest BCUT2D eigenvalue weighted by atomic mass is 10.3. The molecule has 0 atom stereocenters. The second-order valence-corrected chi connectivity index (χ2v) is 5.83. The molecular formula is C16H14N2O4S. The number of aromatic nitrogens is 1. The number of para-hydroxylation sites is 1. The van der Waals surface area contributed by atoms with E-state index in [9.17, 15) is 9.59 Å². The number of carbonyl (C=O) groups is 2. The van der Waals surface area contributed by atoms with Crippen LogP contribution < -0.4 is 5.32 Å². The zero-order chi connectivity index (χ0) is 16.1. The zero-order valence-electron chi connectivity index (χ0n) is 12.2. The van der Waals surface area contributed by atoms with E-state index in [1.165, 1.54) is 17.6 Å². The van der Waals surface area contributed by atoms with Crippen molar-refractivity contribution >= 4 is 33.4 Å². The number of rotatable bonds is 6. The number of carbonyl (C=O) groups excluding carboxylic acids is 2. The summed E-state index contributed by atoms with van der Waals surface area (Å²) < 4.78 is 11.2. The number of hydrogen-bond donors (Lipinski definition) is 1. The molecule has 3 rings (SSSR count). The van der Waals surface area contributed by atoms with Crippen molar-refractivity contribution < 1.29 is 18.7 Å². The molecule has 0 fully saturated rings. The average Bonchev–Trinajstić information content (AvgIpc) is 3.21. The summed E-state index contributed by atoms with van der Waals surface area (Å²) in [6.07, 6.45) is 1.51. The van der Waals surface area contributed by atoms with Gasteiger partial charge < -0.3 is 14.5 Å². The predicted octanol–water partition coefficient (Wildman–Crippen LogP) is 2.75. The highest BCUT2D eigenvalue weighted by atomic mass is 32.1. The van der Waals surface area contributed by atoms with E-state index in [2.05, 4.69) is 10.3 Å². The van der Waals surface area contributed by atoms with Gasteiger partial charge in [-0.25, -0.2) is 4.98 Å². The fourth-order valence-electron chi connectivity index (χ4n) is 1.97. The maximum atomic E-state index is 11.7. The minimum Gasteiger partial charge on any atom is -0.459 e. The fourth-order valence-corrected chi connectivity index (χ4v) is 2.85. The summed E-state index contributed by atoms with van der Waals surface area (Å²) in [5.41, 5.74) is 0.897. The van der Waals surface area contributed by atoms with Gasteiger partial charge in [0.05, 0.1) is 22.9 Å². The van der Waals surface area contributed by atoms with Gasteiger partial charge >= 0.3 is 5.97 Å². The summed E-state index contributed by atoms with van der Waals surface area (Å²) in [5.74, 6) is -0.522. The molecule has 23 heavy (non-hydrogen) atoms. The van der Waals surface area contributed by atoms with Crippen LogP contribution in [0.3, 0.4) is 0 Å². The van der Waals surface area contributed by atoms with Gasteiger partial charge in [0.15, 0.2) is 5.76 Å². The Morgan fingerprint density at radius 2 is 2.09 bits per heavy atom. The molecule has 0 radical (unpaired) electrons. The van der Waals surface area contributed by atoms with Crippen molar-refractivity contribution in [1.82, 2.24) is 10.3 Å². The average molecular weight is 330 g/mol. The molecule has 1 N–H and O–H groups in total. The second kappa shape index (κ2) is 7.06. The number of fused-ring (bicyclic) bond motifs is 1. The van der Waals surface area contributed by atoms with Crippen LogP contribution in [0, 0.1) is 0 Å². The summed E-state index contributed by atoms with van der Waals surface area (Å²) >= 11 is 1.50. The number of thiazole rings is 1. The third-order valence-corrected chi connectivity index (χ3v) is 4.06. The first-order valence-electron chi connectivity index (χ1n) is 7.04. The fraction of sp³-hybridized carbons (Fsp3) is 0.188. The lowest BCUT2D eigenvalue weighted by molar-refractivity contribution is -0.144. The molecule has 1 aromatic carbocycles. The van der Waals surface area contributed by atoms with Gasteiger partial charge in [0, 0.05) is 6.54 Å². The molecule has 1 amide bonds. The highest BCUT2D eigenvalue weighted by Crippen LogP contribution is 2.21. The topological polar surface area (TPSA) is 81.4 Å². The van der Waals surface area contributed by atoms with E-state index in [0.29, 0.717) is 0 Å². The maximum Gasteiger partial charge on any atom is 0.307 e. The van der Waals surface area contributed by atoms with Crippen LogP contribution in [0.25, 0.3) is 10.2 Å². The van der Waals surface area contributed by atoms with E-state index >= 15 is 0 Å². The number of benzene rings is 1. The largest absolute Gasteiger partial charge is 0.459 e. The Balaban J connectivity index is 1.42. The molecule has 3 aromatic rings. The molecule has 0 saturated heterocycles. The Hall–Kier alpha value is -2.67. The van der Waals surface area contributed by atoms with Crippen LogP contribution >= 0.6 is 11.3 Å². The molecule has 0 saturated carbocycles. The van der Waals surface area contributed by atoms with Crippen LogP contribution in [0.1, 0.15) is 22.0 Å². The normalized spacial score (nSPS) is 10.6. The molecule has 0 spiro atoms. The highest BCUT2D eigenvalue weighted by Gasteiger charge is 2.10. The van der Waals surface area contributed by atoms with E-state index in [-0.39, 0.29) is 37.2 Å². The SMILES string of the molecule is O=C(CCNC(=O)c1ccco1)OCc1nc2ccccc2s1. The molecule has 7 heteroatoms. The number of nitrogens with one attached hydrogen (secondary N) is 1. The van der Waals surface area contributed by atoms with Crippen LogP contribution in [0.15, 0.2) is 47.1 Å². The van der Waals surface area contributed by atoms with E-state index in [4.69, 9.17) is 9.15 Å². The Morgan fingerprint density at radius 1 is 1.22 bits per heavy atom. The molecule has 0 unspecified atom stereocenters. The summed E-state index contributed by atoms with van der Waals surface area (Å²) in [5, 5.41) is 3.34. The number of ether oxygens (including phenoxy) is 1. The minimum atomic E-state index is -0.385. The molecule has 2 aromatic heterocycles. The van der Waals surface area contributed by atoms with Crippen LogP contribution in [0.4, 0.5) is 0 Å². The Morgan fingerprint density at radius 3 is 2.87 bits per heavy atom. The third kappa shape index (κ3) is 3.95. The summed E-state index contributed by atoms with van der Waals surface area (Å²) in [4.78, 5) is 27.7. The van der Waals surface area contributed by atoms with Crippen LogP contribution in [-0.2, 0) is 16.1 Å². The maximum absolute atomic E-state index is 11.7. The minimum absolute atomic E-state index is 0.0946. The van der Waals surface area contributed by atoms with Gasteiger partial charge in [-0.15, -0.1) is 11.3 Å².